The number of carbonyl (C=O) groups excluding carboxylic acids is 1. The summed E-state index contributed by atoms with van der Waals surface area (Å²) < 4.78 is 6.79. The van der Waals surface area contributed by atoms with Gasteiger partial charge in [-0.3, -0.25) is 14.2 Å². The molecule has 0 aliphatic rings. The Morgan fingerprint density at radius 1 is 1.12 bits per heavy atom. The van der Waals surface area contributed by atoms with Gasteiger partial charge in [0, 0.05) is 6.92 Å². The molecule has 1 heterocycles. The fourth-order valence-corrected chi connectivity index (χ4v) is 2.81. The lowest BCUT2D eigenvalue weighted by atomic mass is 10.1. The summed E-state index contributed by atoms with van der Waals surface area (Å²) in [4.78, 5) is 29.1. The van der Waals surface area contributed by atoms with Crippen LogP contribution in [0.25, 0.3) is 16.6 Å². The van der Waals surface area contributed by atoms with Gasteiger partial charge < -0.3 is 4.74 Å². The molecule has 0 saturated carbocycles. The van der Waals surface area contributed by atoms with Crippen molar-refractivity contribution in [2.45, 2.75) is 26.9 Å². The molecule has 1 aromatic heterocycles. The number of hydrogen-bond donors (Lipinski definition) is 0. The molecule has 5 nitrogen and oxygen atoms in total. The van der Waals surface area contributed by atoms with E-state index < -0.39 is 12.1 Å². The second kappa shape index (κ2) is 6.28. The van der Waals surface area contributed by atoms with Gasteiger partial charge in [-0.05, 0) is 37.6 Å². The van der Waals surface area contributed by atoms with Crippen molar-refractivity contribution in [2.24, 2.45) is 0 Å². The van der Waals surface area contributed by atoms with Crippen molar-refractivity contribution >= 4 is 16.9 Å². The SMILES string of the molecule is CC(=O)O[C@H](C)c1nc2cccc(C)c2c(=O)n1-c1ccccc1. The lowest BCUT2D eigenvalue weighted by Gasteiger charge is -2.18. The highest BCUT2D eigenvalue weighted by Gasteiger charge is 2.20. The lowest BCUT2D eigenvalue weighted by molar-refractivity contribution is -0.146. The maximum absolute atomic E-state index is 13.1. The number of para-hydroxylation sites is 1. The van der Waals surface area contributed by atoms with Crippen LogP contribution >= 0.6 is 0 Å². The number of aryl methyl sites for hydroxylation is 1. The standard InChI is InChI=1S/C19H18N2O3/c1-12-8-7-11-16-17(12)19(23)21(15-9-5-4-6-10-15)18(20-16)13(2)24-14(3)22/h4-11,13H,1-3H3/t13-/m1/s1. The molecular formula is C19H18N2O3. The lowest BCUT2D eigenvalue weighted by Crippen LogP contribution is -2.26. The number of esters is 1. The van der Waals surface area contributed by atoms with Crippen LogP contribution in [0.3, 0.4) is 0 Å². The molecule has 0 unspecified atom stereocenters. The zero-order chi connectivity index (χ0) is 17.3. The van der Waals surface area contributed by atoms with Gasteiger partial charge in [0.05, 0.1) is 16.6 Å². The summed E-state index contributed by atoms with van der Waals surface area (Å²) in [5.74, 6) is -0.0137. The third-order valence-electron chi connectivity index (χ3n) is 3.85. The zero-order valence-electron chi connectivity index (χ0n) is 13.8. The van der Waals surface area contributed by atoms with E-state index in [4.69, 9.17) is 4.74 Å². The normalized spacial score (nSPS) is 12.1. The van der Waals surface area contributed by atoms with E-state index in [0.29, 0.717) is 22.4 Å². The molecular weight excluding hydrogens is 304 g/mol. The number of nitrogens with zero attached hydrogens (tertiary/aromatic N) is 2. The van der Waals surface area contributed by atoms with Gasteiger partial charge >= 0.3 is 5.97 Å². The maximum Gasteiger partial charge on any atom is 0.303 e. The third-order valence-corrected chi connectivity index (χ3v) is 3.85. The molecule has 0 aliphatic heterocycles. The van der Waals surface area contributed by atoms with Crippen LogP contribution in [0, 0.1) is 6.92 Å². The summed E-state index contributed by atoms with van der Waals surface area (Å²) >= 11 is 0. The number of hydrogen-bond acceptors (Lipinski definition) is 4. The van der Waals surface area contributed by atoms with E-state index in [-0.39, 0.29) is 5.56 Å². The van der Waals surface area contributed by atoms with Crippen LogP contribution in [0.4, 0.5) is 0 Å². The van der Waals surface area contributed by atoms with Crippen molar-refractivity contribution in [2.75, 3.05) is 0 Å². The van der Waals surface area contributed by atoms with Crippen LogP contribution in [0.15, 0.2) is 53.3 Å². The van der Waals surface area contributed by atoms with Gasteiger partial charge in [-0.15, -0.1) is 0 Å². The quantitative estimate of drug-likeness (QED) is 0.694. The fraction of sp³-hybridized carbons (Fsp3) is 0.211. The van der Waals surface area contributed by atoms with Crippen LogP contribution in [-0.4, -0.2) is 15.5 Å². The molecule has 0 aliphatic carbocycles. The monoisotopic (exact) mass is 322 g/mol. The number of fused-ring (bicyclic) bond motifs is 1. The van der Waals surface area contributed by atoms with Crippen LogP contribution < -0.4 is 5.56 Å². The third kappa shape index (κ3) is 2.80. The maximum atomic E-state index is 13.1. The second-order valence-electron chi connectivity index (χ2n) is 5.67. The molecule has 0 saturated heterocycles. The minimum absolute atomic E-state index is 0.168. The fourth-order valence-electron chi connectivity index (χ4n) is 2.81. The second-order valence-corrected chi connectivity index (χ2v) is 5.67. The highest BCUT2D eigenvalue weighted by Crippen LogP contribution is 2.21. The molecule has 0 fully saturated rings. The van der Waals surface area contributed by atoms with Gasteiger partial charge in [-0.1, -0.05) is 30.3 Å². The number of aromatic nitrogens is 2. The van der Waals surface area contributed by atoms with Crippen molar-refractivity contribution in [3.8, 4) is 5.69 Å². The first-order valence-electron chi connectivity index (χ1n) is 7.74. The van der Waals surface area contributed by atoms with Gasteiger partial charge in [-0.2, -0.15) is 0 Å². The highest BCUT2D eigenvalue weighted by molar-refractivity contribution is 5.81. The van der Waals surface area contributed by atoms with Crippen molar-refractivity contribution in [1.82, 2.24) is 9.55 Å². The Kier molecular flexibility index (Phi) is 4.16. The van der Waals surface area contributed by atoms with Crippen LogP contribution in [-0.2, 0) is 9.53 Å². The van der Waals surface area contributed by atoms with Gasteiger partial charge in [-0.25, -0.2) is 4.98 Å². The Hall–Kier alpha value is -2.95. The predicted molar refractivity (Wildman–Crippen MR) is 92.3 cm³/mol. The number of carbonyl (C=O) groups is 1. The van der Waals surface area contributed by atoms with Crippen LogP contribution in [0.1, 0.15) is 31.3 Å². The molecule has 5 heteroatoms. The molecule has 3 aromatic rings. The van der Waals surface area contributed by atoms with E-state index in [2.05, 4.69) is 4.98 Å². The Morgan fingerprint density at radius 2 is 1.83 bits per heavy atom. The molecule has 2 aromatic carbocycles. The molecule has 1 atom stereocenters. The van der Waals surface area contributed by atoms with Crippen LogP contribution in [0.2, 0.25) is 0 Å². The number of ether oxygens (including phenoxy) is 1. The molecule has 0 bridgehead atoms. The summed E-state index contributed by atoms with van der Waals surface area (Å²) in [6.45, 7) is 4.94. The molecule has 24 heavy (non-hydrogen) atoms. The van der Waals surface area contributed by atoms with Crippen molar-refractivity contribution in [3.63, 3.8) is 0 Å². The first kappa shape index (κ1) is 15.9. The summed E-state index contributed by atoms with van der Waals surface area (Å²) in [5, 5.41) is 0.570. The minimum atomic E-state index is -0.639. The van der Waals surface area contributed by atoms with Gasteiger partial charge in [0.25, 0.3) is 5.56 Å². The molecule has 122 valence electrons. The summed E-state index contributed by atoms with van der Waals surface area (Å²) in [6.07, 6.45) is -0.639. The molecule has 0 N–H and O–H groups in total. The number of benzene rings is 2. The zero-order valence-corrected chi connectivity index (χ0v) is 13.8. The van der Waals surface area contributed by atoms with Gasteiger partial charge in [0.2, 0.25) is 0 Å². The van der Waals surface area contributed by atoms with E-state index in [0.717, 1.165) is 5.56 Å². The highest BCUT2D eigenvalue weighted by atomic mass is 16.5. The van der Waals surface area contributed by atoms with Crippen molar-refractivity contribution in [3.05, 3.63) is 70.3 Å². The van der Waals surface area contributed by atoms with E-state index >= 15 is 0 Å². The van der Waals surface area contributed by atoms with E-state index in [9.17, 15) is 9.59 Å². The first-order chi connectivity index (χ1) is 11.5. The Morgan fingerprint density at radius 3 is 2.50 bits per heavy atom. The Balaban J connectivity index is 2.37. The average molecular weight is 322 g/mol. The Bertz CT molecular complexity index is 962. The summed E-state index contributed by atoms with van der Waals surface area (Å²) in [5.41, 5.74) is 1.98. The van der Waals surface area contributed by atoms with E-state index in [1.54, 1.807) is 13.0 Å². The smallest absolute Gasteiger partial charge is 0.303 e. The minimum Gasteiger partial charge on any atom is -0.455 e. The van der Waals surface area contributed by atoms with Crippen LogP contribution in [0.5, 0.6) is 0 Å². The molecule has 0 radical (unpaired) electrons. The van der Waals surface area contributed by atoms with Gasteiger partial charge in [0.15, 0.2) is 11.9 Å². The van der Waals surface area contributed by atoms with Crippen molar-refractivity contribution < 1.29 is 9.53 Å². The topological polar surface area (TPSA) is 61.2 Å². The average Bonchev–Trinajstić information content (AvgIpc) is 2.54. The predicted octanol–water partition coefficient (Wildman–Crippen LogP) is 3.32. The van der Waals surface area contributed by atoms with Crippen molar-refractivity contribution in [1.29, 1.82) is 0 Å². The first-order valence-corrected chi connectivity index (χ1v) is 7.74. The molecule has 0 amide bonds. The van der Waals surface area contributed by atoms with Gasteiger partial charge in [0.1, 0.15) is 0 Å². The summed E-state index contributed by atoms with van der Waals surface area (Å²) in [7, 11) is 0. The van der Waals surface area contributed by atoms with E-state index in [1.807, 2.05) is 49.4 Å². The largest absolute Gasteiger partial charge is 0.455 e. The molecule has 3 rings (SSSR count). The number of rotatable bonds is 3. The Labute approximate surface area is 139 Å². The summed E-state index contributed by atoms with van der Waals surface area (Å²) in [6, 6.07) is 14.8. The molecule has 0 spiro atoms. The van der Waals surface area contributed by atoms with E-state index in [1.165, 1.54) is 11.5 Å².